The third-order valence-corrected chi connectivity index (χ3v) is 5.25. The zero-order chi connectivity index (χ0) is 20.7. The second-order valence-electron chi connectivity index (χ2n) is 7.68. The molecule has 1 atom stereocenters. The summed E-state index contributed by atoms with van der Waals surface area (Å²) in [7, 11) is 0. The fourth-order valence-electron chi connectivity index (χ4n) is 3.98. The molecule has 0 fully saturated rings. The molecule has 3 heterocycles. The summed E-state index contributed by atoms with van der Waals surface area (Å²) < 4.78 is 21.8. The van der Waals surface area contributed by atoms with Crippen LogP contribution in [0.15, 0.2) is 30.3 Å². The Hall–Kier alpha value is -2.86. The molecule has 150 valence electrons. The lowest BCUT2D eigenvalue weighted by Gasteiger charge is -2.12. The van der Waals surface area contributed by atoms with E-state index in [1.54, 1.807) is 12.1 Å². The molecule has 5 nitrogen and oxygen atoms in total. The molecule has 0 saturated heterocycles. The fourth-order valence-corrected chi connectivity index (χ4v) is 3.98. The second-order valence-corrected chi connectivity index (χ2v) is 7.68. The maximum Gasteiger partial charge on any atom is 0.162 e. The number of pyridine rings is 1. The number of fused-ring (bicyclic) bond motifs is 1. The van der Waals surface area contributed by atoms with E-state index in [0.717, 1.165) is 40.3 Å². The summed E-state index contributed by atoms with van der Waals surface area (Å²) >= 11 is 0. The van der Waals surface area contributed by atoms with E-state index in [2.05, 4.69) is 4.98 Å². The van der Waals surface area contributed by atoms with Crippen LogP contribution in [0.1, 0.15) is 46.9 Å². The first-order valence-electron chi connectivity index (χ1n) is 9.82. The number of hydrogen-bond acceptors (Lipinski definition) is 4. The summed E-state index contributed by atoms with van der Waals surface area (Å²) in [5.41, 5.74) is 6.68. The van der Waals surface area contributed by atoms with Crippen LogP contribution >= 0.6 is 0 Å². The van der Waals surface area contributed by atoms with Crippen LogP contribution in [-0.4, -0.2) is 33.3 Å². The molecular weight excluding hydrogens is 369 g/mol. The normalized spacial score (nSPS) is 16.4. The number of halogens is 1. The maximum atomic E-state index is 14.1. The van der Waals surface area contributed by atoms with Crippen molar-refractivity contribution in [1.82, 2.24) is 14.8 Å². The van der Waals surface area contributed by atoms with E-state index in [-0.39, 0.29) is 17.5 Å². The third-order valence-electron chi connectivity index (χ3n) is 5.25. The molecular formula is C23H24FN3O2. The van der Waals surface area contributed by atoms with Crippen LogP contribution in [0, 0.1) is 19.7 Å². The van der Waals surface area contributed by atoms with Crippen LogP contribution in [-0.2, 0) is 17.6 Å². The van der Waals surface area contributed by atoms with Crippen LogP contribution in [0.3, 0.4) is 0 Å². The van der Waals surface area contributed by atoms with Gasteiger partial charge in [-0.15, -0.1) is 0 Å². The predicted molar refractivity (Wildman–Crippen MR) is 109 cm³/mol. The standard InChI is InChI=1S/C23H24FN3O2/c1-13-9-17(10-14(2)25-13)23-19-7-8-29-15(3)11-22(19)27(26-23)18-5-6-21(24)20(12-18)16(4)28/h5-6,9-10,12,15H,7-8,11H2,1-4H3/t15-/m1/s1. The Bertz CT molecular complexity index is 1080. The Kier molecular flexibility index (Phi) is 5.04. The quantitative estimate of drug-likeness (QED) is 0.619. The van der Waals surface area contributed by atoms with E-state index in [4.69, 9.17) is 9.84 Å². The Morgan fingerprint density at radius 3 is 2.62 bits per heavy atom. The molecule has 1 aliphatic heterocycles. The van der Waals surface area contributed by atoms with Crippen molar-refractivity contribution in [2.45, 2.75) is 46.6 Å². The number of aromatic nitrogens is 3. The molecule has 0 saturated carbocycles. The van der Waals surface area contributed by atoms with Gasteiger partial charge in [-0.3, -0.25) is 9.78 Å². The largest absolute Gasteiger partial charge is 0.378 e. The van der Waals surface area contributed by atoms with E-state index in [9.17, 15) is 9.18 Å². The summed E-state index contributed by atoms with van der Waals surface area (Å²) in [6.07, 6.45) is 1.49. The van der Waals surface area contributed by atoms with Crippen LogP contribution in [0.4, 0.5) is 4.39 Å². The van der Waals surface area contributed by atoms with Gasteiger partial charge < -0.3 is 4.74 Å². The zero-order valence-corrected chi connectivity index (χ0v) is 17.1. The van der Waals surface area contributed by atoms with E-state index in [1.165, 1.54) is 13.0 Å². The first-order chi connectivity index (χ1) is 13.8. The molecule has 4 rings (SSSR count). The summed E-state index contributed by atoms with van der Waals surface area (Å²) in [5, 5.41) is 4.92. The van der Waals surface area contributed by atoms with Gasteiger partial charge in [-0.05, 0) is 64.4 Å². The molecule has 0 N–H and O–H groups in total. The van der Waals surface area contributed by atoms with Gasteiger partial charge in [0.25, 0.3) is 0 Å². The maximum absolute atomic E-state index is 14.1. The van der Waals surface area contributed by atoms with Crippen molar-refractivity contribution < 1.29 is 13.9 Å². The molecule has 1 aliphatic rings. The lowest BCUT2D eigenvalue weighted by atomic mass is 10.0. The number of ketones is 1. The number of nitrogens with zero attached hydrogens (tertiary/aromatic N) is 3. The molecule has 29 heavy (non-hydrogen) atoms. The average Bonchev–Trinajstić information content (AvgIpc) is 2.88. The van der Waals surface area contributed by atoms with Crippen LogP contribution in [0.25, 0.3) is 16.9 Å². The summed E-state index contributed by atoms with van der Waals surface area (Å²) in [5.74, 6) is -0.822. The Labute approximate surface area is 169 Å². The number of carbonyl (C=O) groups excluding carboxylic acids is 1. The van der Waals surface area contributed by atoms with Gasteiger partial charge in [-0.1, -0.05) is 0 Å². The van der Waals surface area contributed by atoms with E-state index < -0.39 is 5.82 Å². The highest BCUT2D eigenvalue weighted by atomic mass is 19.1. The summed E-state index contributed by atoms with van der Waals surface area (Å²) in [4.78, 5) is 16.3. The Morgan fingerprint density at radius 1 is 1.21 bits per heavy atom. The summed E-state index contributed by atoms with van der Waals surface area (Å²) in [6.45, 7) is 7.97. The smallest absolute Gasteiger partial charge is 0.162 e. The molecule has 0 amide bonds. The van der Waals surface area contributed by atoms with Gasteiger partial charge in [0.15, 0.2) is 5.78 Å². The van der Waals surface area contributed by atoms with Gasteiger partial charge in [0, 0.05) is 28.9 Å². The minimum atomic E-state index is -0.517. The number of hydrogen-bond donors (Lipinski definition) is 0. The van der Waals surface area contributed by atoms with Crippen molar-refractivity contribution in [2.75, 3.05) is 6.61 Å². The van der Waals surface area contributed by atoms with Gasteiger partial charge in [0.05, 0.1) is 35.3 Å². The Morgan fingerprint density at radius 2 is 1.93 bits per heavy atom. The molecule has 2 aromatic heterocycles. The second kappa shape index (κ2) is 7.52. The van der Waals surface area contributed by atoms with Crippen LogP contribution in [0.5, 0.6) is 0 Å². The van der Waals surface area contributed by atoms with Crippen molar-refractivity contribution in [3.8, 4) is 16.9 Å². The number of aryl methyl sites for hydroxylation is 2. The van der Waals surface area contributed by atoms with Gasteiger partial charge in [-0.2, -0.15) is 5.10 Å². The minimum Gasteiger partial charge on any atom is -0.378 e. The number of ether oxygens (including phenoxy) is 1. The lowest BCUT2D eigenvalue weighted by Crippen LogP contribution is -2.13. The highest BCUT2D eigenvalue weighted by molar-refractivity contribution is 5.94. The van der Waals surface area contributed by atoms with Crippen LogP contribution < -0.4 is 0 Å². The number of benzene rings is 1. The first kappa shape index (κ1) is 19.5. The van der Waals surface area contributed by atoms with Gasteiger partial charge in [-0.25, -0.2) is 9.07 Å². The highest BCUT2D eigenvalue weighted by Crippen LogP contribution is 2.32. The lowest BCUT2D eigenvalue weighted by molar-refractivity contribution is 0.0735. The number of Topliss-reactive ketones (excluding diaryl/α,β-unsaturated/α-hetero) is 1. The monoisotopic (exact) mass is 393 g/mol. The minimum absolute atomic E-state index is 0.0492. The van der Waals surface area contributed by atoms with E-state index in [1.807, 2.05) is 37.6 Å². The van der Waals surface area contributed by atoms with Crippen molar-refractivity contribution in [3.05, 3.63) is 64.4 Å². The molecule has 0 radical (unpaired) electrons. The van der Waals surface area contributed by atoms with Crippen molar-refractivity contribution in [1.29, 1.82) is 0 Å². The van der Waals surface area contributed by atoms with Crippen molar-refractivity contribution >= 4 is 5.78 Å². The first-order valence-corrected chi connectivity index (χ1v) is 9.82. The molecule has 3 aromatic rings. The predicted octanol–water partition coefficient (Wildman–Crippen LogP) is 4.40. The van der Waals surface area contributed by atoms with E-state index >= 15 is 0 Å². The van der Waals surface area contributed by atoms with Crippen molar-refractivity contribution in [2.24, 2.45) is 0 Å². The van der Waals surface area contributed by atoms with E-state index in [0.29, 0.717) is 18.7 Å². The fraction of sp³-hybridized carbons (Fsp3) is 0.348. The molecule has 1 aromatic carbocycles. The van der Waals surface area contributed by atoms with Gasteiger partial charge in [0.2, 0.25) is 0 Å². The zero-order valence-electron chi connectivity index (χ0n) is 17.1. The SMILES string of the molecule is CC(=O)c1cc(-n2nc(-c3cc(C)nc(C)c3)c3c2C[C@@H](C)OCC3)ccc1F. The highest BCUT2D eigenvalue weighted by Gasteiger charge is 2.25. The number of rotatable bonds is 3. The topological polar surface area (TPSA) is 57.0 Å². The number of carbonyl (C=O) groups is 1. The molecule has 0 spiro atoms. The van der Waals surface area contributed by atoms with Crippen molar-refractivity contribution in [3.63, 3.8) is 0 Å². The molecule has 0 bridgehead atoms. The Balaban J connectivity index is 1.94. The van der Waals surface area contributed by atoms with Crippen LogP contribution in [0.2, 0.25) is 0 Å². The summed E-state index contributed by atoms with van der Waals surface area (Å²) in [6, 6.07) is 8.63. The average molecular weight is 393 g/mol. The third kappa shape index (κ3) is 3.72. The van der Waals surface area contributed by atoms with Gasteiger partial charge >= 0.3 is 0 Å². The molecule has 0 aliphatic carbocycles. The van der Waals surface area contributed by atoms with Gasteiger partial charge in [0.1, 0.15) is 5.82 Å². The molecule has 6 heteroatoms. The molecule has 0 unspecified atom stereocenters.